The molecule has 0 aromatic heterocycles. The van der Waals surface area contributed by atoms with Gasteiger partial charge in [-0.3, -0.25) is 4.90 Å². The molecule has 1 aliphatic carbocycles. The second-order valence-corrected chi connectivity index (χ2v) is 7.66. The molecule has 2 atom stereocenters. The minimum atomic E-state index is 0.940. The van der Waals surface area contributed by atoms with E-state index >= 15 is 0 Å². The fourth-order valence-corrected chi connectivity index (χ4v) is 5.38. The molecule has 18 heavy (non-hydrogen) atoms. The number of rotatable bonds is 4. The monoisotopic (exact) mass is 268 g/mol. The summed E-state index contributed by atoms with van der Waals surface area (Å²) in [7, 11) is 0. The summed E-state index contributed by atoms with van der Waals surface area (Å²) < 4.78 is 0. The molecule has 2 saturated heterocycles. The summed E-state index contributed by atoms with van der Waals surface area (Å²) in [6.07, 6.45) is 10.2. The number of hydrogen-bond acceptors (Lipinski definition) is 3. The third-order valence-electron chi connectivity index (χ3n) is 5.13. The van der Waals surface area contributed by atoms with Gasteiger partial charge in [-0.05, 0) is 64.1 Å². The van der Waals surface area contributed by atoms with Crippen LogP contribution in [0.1, 0.15) is 44.9 Å². The fourth-order valence-electron chi connectivity index (χ4n) is 4.13. The second-order valence-electron chi connectivity index (χ2n) is 6.26. The van der Waals surface area contributed by atoms with Crippen LogP contribution in [0.15, 0.2) is 0 Å². The Morgan fingerprint density at radius 1 is 1.00 bits per heavy atom. The van der Waals surface area contributed by atoms with E-state index in [0.29, 0.717) is 0 Å². The lowest BCUT2D eigenvalue weighted by Crippen LogP contribution is -2.43. The number of nitrogens with zero attached hydrogens (tertiary/aromatic N) is 1. The predicted molar refractivity (Wildman–Crippen MR) is 80.3 cm³/mol. The third-order valence-corrected chi connectivity index (χ3v) is 6.49. The SMILES string of the molecule is C1CC2CCCN(CCSC3CCNCC3)C2C1. The van der Waals surface area contributed by atoms with Crippen molar-refractivity contribution in [2.24, 2.45) is 5.92 Å². The molecule has 3 fully saturated rings. The highest BCUT2D eigenvalue weighted by Gasteiger charge is 2.34. The lowest BCUT2D eigenvalue weighted by Gasteiger charge is -2.38. The van der Waals surface area contributed by atoms with Gasteiger partial charge in [-0.2, -0.15) is 11.8 Å². The molecule has 1 N–H and O–H groups in total. The topological polar surface area (TPSA) is 15.3 Å². The van der Waals surface area contributed by atoms with E-state index in [4.69, 9.17) is 0 Å². The predicted octanol–water partition coefficient (Wildman–Crippen LogP) is 2.74. The smallest absolute Gasteiger partial charge is 0.0124 e. The molecule has 1 saturated carbocycles. The maximum absolute atomic E-state index is 3.46. The minimum Gasteiger partial charge on any atom is -0.317 e. The van der Waals surface area contributed by atoms with Crippen LogP contribution in [0.25, 0.3) is 0 Å². The summed E-state index contributed by atoms with van der Waals surface area (Å²) >= 11 is 2.24. The van der Waals surface area contributed by atoms with Crippen LogP contribution in [0.3, 0.4) is 0 Å². The number of piperidine rings is 2. The minimum absolute atomic E-state index is 0.940. The first-order chi connectivity index (χ1) is 8.93. The molecule has 0 bridgehead atoms. The molecule has 104 valence electrons. The zero-order chi connectivity index (χ0) is 12.2. The Hall–Kier alpha value is 0.270. The van der Waals surface area contributed by atoms with Gasteiger partial charge in [-0.1, -0.05) is 6.42 Å². The van der Waals surface area contributed by atoms with Gasteiger partial charge in [0, 0.05) is 23.6 Å². The first-order valence-electron chi connectivity index (χ1n) is 8.00. The third kappa shape index (κ3) is 3.23. The molecule has 0 spiro atoms. The van der Waals surface area contributed by atoms with Gasteiger partial charge in [-0.25, -0.2) is 0 Å². The molecule has 3 heteroatoms. The van der Waals surface area contributed by atoms with E-state index in [9.17, 15) is 0 Å². The molecule has 3 aliphatic rings. The highest BCUT2D eigenvalue weighted by Crippen LogP contribution is 2.36. The highest BCUT2D eigenvalue weighted by molar-refractivity contribution is 7.99. The normalized spacial score (nSPS) is 34.7. The van der Waals surface area contributed by atoms with Crippen molar-refractivity contribution in [3.8, 4) is 0 Å². The lowest BCUT2D eigenvalue weighted by molar-refractivity contribution is 0.121. The van der Waals surface area contributed by atoms with Gasteiger partial charge in [0.1, 0.15) is 0 Å². The molecule has 2 heterocycles. The van der Waals surface area contributed by atoms with Crippen LogP contribution in [0.4, 0.5) is 0 Å². The highest BCUT2D eigenvalue weighted by atomic mass is 32.2. The van der Waals surface area contributed by atoms with Crippen molar-refractivity contribution >= 4 is 11.8 Å². The molecular weight excluding hydrogens is 240 g/mol. The molecule has 0 aromatic rings. The Bertz CT molecular complexity index is 253. The van der Waals surface area contributed by atoms with Gasteiger partial charge in [-0.15, -0.1) is 0 Å². The van der Waals surface area contributed by atoms with Crippen LogP contribution in [0.2, 0.25) is 0 Å². The molecule has 0 amide bonds. The van der Waals surface area contributed by atoms with Crippen molar-refractivity contribution in [3.05, 3.63) is 0 Å². The van der Waals surface area contributed by atoms with Gasteiger partial charge >= 0.3 is 0 Å². The van der Waals surface area contributed by atoms with Gasteiger partial charge in [0.05, 0.1) is 0 Å². The van der Waals surface area contributed by atoms with Gasteiger partial charge in [0.25, 0.3) is 0 Å². The van der Waals surface area contributed by atoms with Crippen LogP contribution in [-0.4, -0.2) is 48.1 Å². The number of thioether (sulfide) groups is 1. The molecule has 2 aliphatic heterocycles. The number of fused-ring (bicyclic) bond motifs is 1. The quantitative estimate of drug-likeness (QED) is 0.844. The molecule has 3 rings (SSSR count). The summed E-state index contributed by atoms with van der Waals surface area (Å²) in [6, 6.07) is 0.965. The zero-order valence-electron chi connectivity index (χ0n) is 11.6. The second kappa shape index (κ2) is 6.62. The first-order valence-corrected chi connectivity index (χ1v) is 9.05. The average molecular weight is 268 g/mol. The Morgan fingerprint density at radius 2 is 1.83 bits per heavy atom. The number of likely N-dealkylation sites (tertiary alicyclic amines) is 1. The van der Waals surface area contributed by atoms with Crippen LogP contribution >= 0.6 is 11.8 Å². The molecule has 0 radical (unpaired) electrons. The molecule has 2 unspecified atom stereocenters. The maximum Gasteiger partial charge on any atom is 0.0124 e. The van der Waals surface area contributed by atoms with E-state index < -0.39 is 0 Å². The zero-order valence-corrected chi connectivity index (χ0v) is 12.4. The van der Waals surface area contributed by atoms with Crippen LogP contribution in [0.5, 0.6) is 0 Å². The van der Waals surface area contributed by atoms with Crippen molar-refractivity contribution < 1.29 is 0 Å². The van der Waals surface area contributed by atoms with Crippen LogP contribution in [0, 0.1) is 5.92 Å². The molecule has 2 nitrogen and oxygen atoms in total. The molecule has 0 aromatic carbocycles. The summed E-state index contributed by atoms with van der Waals surface area (Å²) in [6.45, 7) is 5.22. The van der Waals surface area contributed by atoms with Crippen molar-refractivity contribution in [2.75, 3.05) is 31.9 Å². The lowest BCUT2D eigenvalue weighted by atomic mass is 9.92. The number of nitrogens with one attached hydrogen (secondary N) is 1. The van der Waals surface area contributed by atoms with E-state index in [-0.39, 0.29) is 0 Å². The van der Waals surface area contributed by atoms with Gasteiger partial charge < -0.3 is 5.32 Å². The van der Waals surface area contributed by atoms with Crippen molar-refractivity contribution in [1.82, 2.24) is 10.2 Å². The van der Waals surface area contributed by atoms with E-state index in [2.05, 4.69) is 22.0 Å². The van der Waals surface area contributed by atoms with E-state index in [0.717, 1.165) is 17.2 Å². The van der Waals surface area contributed by atoms with E-state index in [1.165, 1.54) is 76.9 Å². The van der Waals surface area contributed by atoms with E-state index in [1.54, 1.807) is 0 Å². The Morgan fingerprint density at radius 3 is 2.72 bits per heavy atom. The van der Waals surface area contributed by atoms with Crippen molar-refractivity contribution in [1.29, 1.82) is 0 Å². The average Bonchev–Trinajstić information content (AvgIpc) is 2.89. The molecular formula is C15H28N2S. The van der Waals surface area contributed by atoms with Crippen molar-refractivity contribution in [3.63, 3.8) is 0 Å². The van der Waals surface area contributed by atoms with Gasteiger partial charge in [0.2, 0.25) is 0 Å². The van der Waals surface area contributed by atoms with Gasteiger partial charge in [0.15, 0.2) is 0 Å². The maximum atomic E-state index is 3.46. The Kier molecular flexibility index (Phi) is 4.88. The standard InChI is InChI=1S/C15H28N2S/c1-3-13-4-2-10-17(15(13)5-1)11-12-18-14-6-8-16-9-7-14/h13-16H,1-12H2. The first kappa shape index (κ1) is 13.3. The van der Waals surface area contributed by atoms with E-state index in [1.807, 2.05) is 0 Å². The summed E-state index contributed by atoms with van der Waals surface area (Å²) in [5.74, 6) is 2.43. The van der Waals surface area contributed by atoms with Crippen LogP contribution < -0.4 is 5.32 Å². The largest absolute Gasteiger partial charge is 0.317 e. The fraction of sp³-hybridized carbons (Fsp3) is 1.00. The Balaban J connectivity index is 1.39. The summed E-state index contributed by atoms with van der Waals surface area (Å²) in [4.78, 5) is 2.83. The number of hydrogen-bond donors (Lipinski definition) is 1. The Labute approximate surface area is 116 Å². The van der Waals surface area contributed by atoms with Crippen LogP contribution in [-0.2, 0) is 0 Å². The summed E-state index contributed by atoms with van der Waals surface area (Å²) in [5, 5.41) is 4.40. The van der Waals surface area contributed by atoms with Crippen molar-refractivity contribution in [2.45, 2.75) is 56.2 Å². The summed E-state index contributed by atoms with van der Waals surface area (Å²) in [5.41, 5.74) is 0.